The fourth-order valence-corrected chi connectivity index (χ4v) is 2.62. The normalized spacial score (nSPS) is 20.6. The number of halogens is 1. The van der Waals surface area contributed by atoms with Crippen LogP contribution in [0.15, 0.2) is 18.2 Å². The van der Waals surface area contributed by atoms with Gasteiger partial charge in [0.05, 0.1) is 6.10 Å². The number of likely N-dealkylation sites (tertiary alicyclic amines) is 1. The van der Waals surface area contributed by atoms with Crippen LogP contribution in [0.4, 0.5) is 0 Å². The number of carbonyl (C=O) groups excluding carboxylic acids is 1. The molecular formula is C15H20ClNO3. The average molecular weight is 298 g/mol. The number of hydrogen-bond donors (Lipinski definition) is 1. The predicted molar refractivity (Wildman–Crippen MR) is 78.1 cm³/mol. The molecule has 1 aromatic carbocycles. The fraction of sp³-hybridized carbons (Fsp3) is 0.533. The second-order valence-electron chi connectivity index (χ2n) is 5.25. The Labute approximate surface area is 124 Å². The van der Waals surface area contributed by atoms with Crippen molar-refractivity contribution in [1.29, 1.82) is 0 Å². The number of benzene rings is 1. The minimum Gasteiger partial charge on any atom is -0.481 e. The molecule has 110 valence electrons. The number of aliphatic hydroxyl groups excluding tert-OH is 1. The summed E-state index contributed by atoms with van der Waals surface area (Å²) in [6, 6.07) is 5.32. The number of amides is 1. The molecule has 1 aromatic rings. The van der Waals surface area contributed by atoms with Crippen LogP contribution in [0.5, 0.6) is 5.75 Å². The van der Waals surface area contributed by atoms with Crippen LogP contribution in [0.1, 0.15) is 25.3 Å². The molecule has 0 spiro atoms. The molecule has 5 heteroatoms. The van der Waals surface area contributed by atoms with Crippen molar-refractivity contribution < 1.29 is 14.6 Å². The molecule has 1 heterocycles. The summed E-state index contributed by atoms with van der Waals surface area (Å²) in [5.41, 5.74) is 0.899. The van der Waals surface area contributed by atoms with E-state index in [1.54, 1.807) is 30.0 Å². The lowest BCUT2D eigenvalue weighted by Gasteiger charge is -2.32. The quantitative estimate of drug-likeness (QED) is 0.932. The van der Waals surface area contributed by atoms with E-state index >= 15 is 0 Å². The van der Waals surface area contributed by atoms with Gasteiger partial charge in [0.2, 0.25) is 0 Å². The van der Waals surface area contributed by atoms with Crippen molar-refractivity contribution in [3.63, 3.8) is 0 Å². The molecule has 0 saturated carbocycles. The van der Waals surface area contributed by atoms with Gasteiger partial charge in [0.25, 0.3) is 5.91 Å². The molecule has 1 unspecified atom stereocenters. The van der Waals surface area contributed by atoms with Crippen LogP contribution in [0, 0.1) is 6.92 Å². The number of nitrogens with zero attached hydrogens (tertiary/aromatic N) is 1. The predicted octanol–water partition coefficient (Wildman–Crippen LogP) is 2.40. The number of carbonyl (C=O) groups is 1. The monoisotopic (exact) mass is 297 g/mol. The summed E-state index contributed by atoms with van der Waals surface area (Å²) < 4.78 is 5.72. The molecule has 2 rings (SSSR count). The standard InChI is InChI=1S/C15H20ClNO3/c1-10-8-12(16)5-6-14(10)20-11(2)15(19)17-7-3-4-13(18)9-17/h5-6,8,11,13,18H,3-4,7,9H2,1-2H3/t11?,13-/m0/s1. The van der Waals surface area contributed by atoms with Crippen molar-refractivity contribution in [1.82, 2.24) is 4.90 Å². The van der Waals surface area contributed by atoms with Gasteiger partial charge >= 0.3 is 0 Å². The molecule has 1 N–H and O–H groups in total. The van der Waals surface area contributed by atoms with Gasteiger partial charge in [-0.1, -0.05) is 11.6 Å². The summed E-state index contributed by atoms with van der Waals surface area (Å²) in [7, 11) is 0. The molecule has 1 amide bonds. The molecule has 1 aliphatic heterocycles. The molecule has 0 aliphatic carbocycles. The van der Waals surface area contributed by atoms with Gasteiger partial charge in [-0.2, -0.15) is 0 Å². The minimum atomic E-state index is -0.569. The summed E-state index contributed by atoms with van der Waals surface area (Å²) in [6.45, 7) is 4.70. The zero-order chi connectivity index (χ0) is 14.7. The van der Waals surface area contributed by atoms with Crippen molar-refractivity contribution in [2.75, 3.05) is 13.1 Å². The molecular weight excluding hydrogens is 278 g/mol. The first kappa shape index (κ1) is 15.1. The fourth-order valence-electron chi connectivity index (χ4n) is 2.40. The third-order valence-electron chi connectivity index (χ3n) is 3.50. The van der Waals surface area contributed by atoms with Gasteiger partial charge in [0.15, 0.2) is 6.10 Å². The Hall–Kier alpha value is -1.26. The maximum atomic E-state index is 12.3. The highest BCUT2D eigenvalue weighted by molar-refractivity contribution is 6.30. The zero-order valence-corrected chi connectivity index (χ0v) is 12.6. The van der Waals surface area contributed by atoms with E-state index in [2.05, 4.69) is 0 Å². The number of rotatable bonds is 3. The largest absolute Gasteiger partial charge is 0.481 e. The average Bonchev–Trinajstić information content (AvgIpc) is 2.41. The Morgan fingerprint density at radius 1 is 1.55 bits per heavy atom. The highest BCUT2D eigenvalue weighted by atomic mass is 35.5. The van der Waals surface area contributed by atoms with Crippen LogP contribution in [0.3, 0.4) is 0 Å². The van der Waals surface area contributed by atoms with E-state index in [9.17, 15) is 9.90 Å². The number of piperidine rings is 1. The molecule has 4 nitrogen and oxygen atoms in total. The Morgan fingerprint density at radius 3 is 2.95 bits per heavy atom. The summed E-state index contributed by atoms with van der Waals surface area (Å²) in [6.07, 6.45) is 0.604. The number of β-amino-alcohol motifs (C(OH)–C–C–N with tert-alkyl or cyclic N) is 1. The van der Waals surface area contributed by atoms with E-state index in [1.807, 2.05) is 6.92 Å². The molecule has 1 saturated heterocycles. The molecule has 0 bridgehead atoms. The maximum absolute atomic E-state index is 12.3. The molecule has 1 aliphatic rings. The van der Waals surface area contributed by atoms with Gasteiger partial charge in [0, 0.05) is 18.1 Å². The molecule has 20 heavy (non-hydrogen) atoms. The highest BCUT2D eigenvalue weighted by Crippen LogP contribution is 2.23. The van der Waals surface area contributed by atoms with Gasteiger partial charge in [-0.25, -0.2) is 0 Å². The van der Waals surface area contributed by atoms with E-state index in [0.29, 0.717) is 23.9 Å². The van der Waals surface area contributed by atoms with E-state index in [0.717, 1.165) is 18.4 Å². The van der Waals surface area contributed by atoms with E-state index in [4.69, 9.17) is 16.3 Å². The number of hydrogen-bond acceptors (Lipinski definition) is 3. The van der Waals surface area contributed by atoms with Crippen LogP contribution in [0.25, 0.3) is 0 Å². The number of ether oxygens (including phenoxy) is 1. The van der Waals surface area contributed by atoms with Crippen LogP contribution in [-0.2, 0) is 4.79 Å². The Balaban J connectivity index is 2.00. The van der Waals surface area contributed by atoms with Crippen molar-refractivity contribution in [3.8, 4) is 5.75 Å². The van der Waals surface area contributed by atoms with Crippen LogP contribution in [0.2, 0.25) is 5.02 Å². The molecule has 0 aromatic heterocycles. The maximum Gasteiger partial charge on any atom is 0.263 e. The van der Waals surface area contributed by atoms with Gasteiger partial charge in [-0.15, -0.1) is 0 Å². The van der Waals surface area contributed by atoms with Crippen LogP contribution < -0.4 is 4.74 Å². The van der Waals surface area contributed by atoms with E-state index < -0.39 is 12.2 Å². The van der Waals surface area contributed by atoms with Crippen molar-refractivity contribution in [2.24, 2.45) is 0 Å². The molecule has 0 radical (unpaired) electrons. The Bertz CT molecular complexity index is 492. The van der Waals surface area contributed by atoms with Crippen molar-refractivity contribution in [2.45, 2.75) is 38.9 Å². The van der Waals surface area contributed by atoms with Gasteiger partial charge in [-0.05, 0) is 50.5 Å². The van der Waals surface area contributed by atoms with Crippen molar-refractivity contribution >= 4 is 17.5 Å². The summed E-state index contributed by atoms with van der Waals surface area (Å²) >= 11 is 5.90. The lowest BCUT2D eigenvalue weighted by atomic mass is 10.1. The summed E-state index contributed by atoms with van der Waals surface area (Å²) in [5, 5.41) is 10.3. The first-order valence-electron chi connectivity index (χ1n) is 6.87. The van der Waals surface area contributed by atoms with Crippen LogP contribution >= 0.6 is 11.6 Å². The van der Waals surface area contributed by atoms with Crippen LogP contribution in [-0.4, -0.2) is 41.2 Å². The third kappa shape index (κ3) is 3.64. The van der Waals surface area contributed by atoms with Gasteiger partial charge < -0.3 is 14.7 Å². The first-order chi connectivity index (χ1) is 9.47. The van der Waals surface area contributed by atoms with E-state index in [-0.39, 0.29) is 5.91 Å². The molecule has 1 fully saturated rings. The van der Waals surface area contributed by atoms with E-state index in [1.165, 1.54) is 0 Å². The first-order valence-corrected chi connectivity index (χ1v) is 7.25. The highest BCUT2D eigenvalue weighted by Gasteiger charge is 2.27. The summed E-state index contributed by atoms with van der Waals surface area (Å²) in [4.78, 5) is 14.0. The lowest BCUT2D eigenvalue weighted by molar-refractivity contribution is -0.141. The number of aryl methyl sites for hydroxylation is 1. The summed E-state index contributed by atoms with van der Waals surface area (Å²) in [5.74, 6) is 0.575. The zero-order valence-electron chi connectivity index (χ0n) is 11.8. The number of aliphatic hydroxyl groups is 1. The van der Waals surface area contributed by atoms with Gasteiger partial charge in [0.1, 0.15) is 5.75 Å². The minimum absolute atomic E-state index is 0.0851. The lowest BCUT2D eigenvalue weighted by Crippen LogP contribution is -2.47. The second-order valence-corrected chi connectivity index (χ2v) is 5.69. The SMILES string of the molecule is Cc1cc(Cl)ccc1OC(C)C(=O)N1CCC[C@H](O)C1. The smallest absolute Gasteiger partial charge is 0.263 e. The topological polar surface area (TPSA) is 49.8 Å². The van der Waals surface area contributed by atoms with Crippen molar-refractivity contribution in [3.05, 3.63) is 28.8 Å². The second kappa shape index (κ2) is 6.46. The Kier molecular flexibility index (Phi) is 4.89. The molecule has 2 atom stereocenters. The Morgan fingerprint density at radius 2 is 2.30 bits per heavy atom. The third-order valence-corrected chi connectivity index (χ3v) is 3.73. The van der Waals surface area contributed by atoms with Gasteiger partial charge in [-0.3, -0.25) is 4.79 Å².